The SMILES string of the molecule is CCCc1cc(=O)n(CC(=O)N2CCN(c3ccccc3Cl)CC2)cn1. The molecular weight excluding hydrogens is 352 g/mol. The quantitative estimate of drug-likeness (QED) is 0.805. The second-order valence-electron chi connectivity index (χ2n) is 6.42. The first-order valence-electron chi connectivity index (χ1n) is 8.91. The van der Waals surface area contributed by atoms with Gasteiger partial charge in [-0.3, -0.25) is 14.2 Å². The molecule has 2 heterocycles. The first-order valence-corrected chi connectivity index (χ1v) is 9.29. The van der Waals surface area contributed by atoms with E-state index in [0.717, 1.165) is 42.3 Å². The summed E-state index contributed by atoms with van der Waals surface area (Å²) in [5.74, 6) is -0.0593. The Bertz CT molecular complexity index is 828. The Kier molecular flexibility index (Phi) is 5.93. The van der Waals surface area contributed by atoms with Crippen molar-refractivity contribution in [1.29, 1.82) is 0 Å². The summed E-state index contributed by atoms with van der Waals surface area (Å²) in [5.41, 5.74) is 1.59. The Hall–Kier alpha value is -2.34. The van der Waals surface area contributed by atoms with Crippen LogP contribution in [0, 0.1) is 0 Å². The number of nitrogens with zero attached hydrogens (tertiary/aromatic N) is 4. The summed E-state index contributed by atoms with van der Waals surface area (Å²) >= 11 is 6.25. The number of benzene rings is 1. The lowest BCUT2D eigenvalue weighted by Gasteiger charge is -2.36. The van der Waals surface area contributed by atoms with Gasteiger partial charge in [0, 0.05) is 37.9 Å². The largest absolute Gasteiger partial charge is 0.367 e. The Morgan fingerprint density at radius 3 is 2.58 bits per heavy atom. The highest BCUT2D eigenvalue weighted by Crippen LogP contribution is 2.26. The number of aryl methyl sites for hydroxylation is 1. The highest BCUT2D eigenvalue weighted by molar-refractivity contribution is 6.33. The van der Waals surface area contributed by atoms with Crippen LogP contribution in [0.5, 0.6) is 0 Å². The maximum absolute atomic E-state index is 12.5. The fourth-order valence-corrected chi connectivity index (χ4v) is 3.38. The first kappa shape index (κ1) is 18.5. The number of aromatic nitrogens is 2. The number of hydrogen-bond acceptors (Lipinski definition) is 4. The highest BCUT2D eigenvalue weighted by Gasteiger charge is 2.22. The van der Waals surface area contributed by atoms with Crippen molar-refractivity contribution >= 4 is 23.2 Å². The lowest BCUT2D eigenvalue weighted by molar-refractivity contribution is -0.132. The van der Waals surface area contributed by atoms with E-state index in [1.54, 1.807) is 4.90 Å². The molecule has 1 aromatic carbocycles. The maximum Gasteiger partial charge on any atom is 0.253 e. The summed E-state index contributed by atoms with van der Waals surface area (Å²) in [6.07, 6.45) is 3.18. The molecule has 0 unspecified atom stereocenters. The van der Waals surface area contributed by atoms with Gasteiger partial charge < -0.3 is 9.80 Å². The van der Waals surface area contributed by atoms with E-state index in [4.69, 9.17) is 11.6 Å². The second kappa shape index (κ2) is 8.36. The van der Waals surface area contributed by atoms with Gasteiger partial charge in [0.15, 0.2) is 0 Å². The van der Waals surface area contributed by atoms with Gasteiger partial charge in [-0.25, -0.2) is 4.98 Å². The number of amides is 1. The minimum absolute atomic E-state index is 0.0321. The molecule has 26 heavy (non-hydrogen) atoms. The molecule has 2 aromatic rings. The van der Waals surface area contributed by atoms with Crippen molar-refractivity contribution in [2.75, 3.05) is 31.1 Å². The van der Waals surface area contributed by atoms with Gasteiger partial charge in [-0.15, -0.1) is 0 Å². The molecule has 0 bridgehead atoms. The van der Waals surface area contributed by atoms with Gasteiger partial charge in [-0.05, 0) is 18.6 Å². The molecule has 3 rings (SSSR count). The van der Waals surface area contributed by atoms with E-state index in [0.29, 0.717) is 13.1 Å². The van der Waals surface area contributed by atoms with Gasteiger partial charge in [-0.2, -0.15) is 0 Å². The third-order valence-electron chi connectivity index (χ3n) is 4.57. The van der Waals surface area contributed by atoms with E-state index in [2.05, 4.69) is 9.88 Å². The number of rotatable bonds is 5. The monoisotopic (exact) mass is 374 g/mol. The summed E-state index contributed by atoms with van der Waals surface area (Å²) < 4.78 is 1.38. The van der Waals surface area contributed by atoms with Crippen molar-refractivity contribution in [1.82, 2.24) is 14.5 Å². The van der Waals surface area contributed by atoms with Crippen LogP contribution in [0.4, 0.5) is 5.69 Å². The van der Waals surface area contributed by atoms with Gasteiger partial charge in [0.25, 0.3) is 5.56 Å². The van der Waals surface area contributed by atoms with Gasteiger partial charge in [0.05, 0.1) is 17.0 Å². The van der Waals surface area contributed by atoms with Crippen LogP contribution in [-0.4, -0.2) is 46.5 Å². The molecule has 138 valence electrons. The Labute approximate surface area is 158 Å². The Balaban J connectivity index is 1.59. The number of anilines is 1. The van der Waals surface area contributed by atoms with Crippen molar-refractivity contribution in [3.8, 4) is 0 Å². The predicted octanol–water partition coefficient (Wildman–Crippen LogP) is 2.20. The number of piperazine rings is 1. The molecule has 1 aliphatic heterocycles. The topological polar surface area (TPSA) is 58.4 Å². The number of para-hydroxylation sites is 1. The van der Waals surface area contributed by atoms with Crippen molar-refractivity contribution in [2.45, 2.75) is 26.3 Å². The Morgan fingerprint density at radius 1 is 1.19 bits per heavy atom. The van der Waals surface area contributed by atoms with Crippen molar-refractivity contribution in [2.24, 2.45) is 0 Å². The van der Waals surface area contributed by atoms with Crippen molar-refractivity contribution in [3.63, 3.8) is 0 Å². The van der Waals surface area contributed by atoms with E-state index in [1.165, 1.54) is 17.0 Å². The smallest absolute Gasteiger partial charge is 0.253 e. The molecule has 0 aliphatic carbocycles. The molecule has 1 fully saturated rings. The number of carbonyl (C=O) groups excluding carboxylic acids is 1. The average molecular weight is 375 g/mol. The molecule has 7 heteroatoms. The predicted molar refractivity (Wildman–Crippen MR) is 103 cm³/mol. The second-order valence-corrected chi connectivity index (χ2v) is 6.82. The highest BCUT2D eigenvalue weighted by atomic mass is 35.5. The molecule has 6 nitrogen and oxygen atoms in total. The van der Waals surface area contributed by atoms with E-state index in [9.17, 15) is 9.59 Å². The summed E-state index contributed by atoms with van der Waals surface area (Å²) in [6.45, 7) is 4.74. The fourth-order valence-electron chi connectivity index (χ4n) is 3.13. The molecule has 1 aliphatic rings. The molecule has 1 amide bonds. The zero-order chi connectivity index (χ0) is 18.5. The summed E-state index contributed by atoms with van der Waals surface area (Å²) in [4.78, 5) is 32.9. The van der Waals surface area contributed by atoms with E-state index < -0.39 is 0 Å². The zero-order valence-electron chi connectivity index (χ0n) is 14.9. The summed E-state index contributed by atoms with van der Waals surface area (Å²) in [7, 11) is 0. The normalized spacial score (nSPS) is 14.5. The van der Waals surface area contributed by atoms with Crippen LogP contribution in [-0.2, 0) is 17.8 Å². The third-order valence-corrected chi connectivity index (χ3v) is 4.89. The Morgan fingerprint density at radius 2 is 1.92 bits per heavy atom. The first-order chi connectivity index (χ1) is 12.6. The number of hydrogen-bond donors (Lipinski definition) is 0. The lowest BCUT2D eigenvalue weighted by Crippen LogP contribution is -2.50. The molecule has 0 saturated carbocycles. The van der Waals surface area contributed by atoms with Crippen LogP contribution in [0.1, 0.15) is 19.0 Å². The van der Waals surface area contributed by atoms with Gasteiger partial charge in [-0.1, -0.05) is 37.1 Å². The van der Waals surface area contributed by atoms with Gasteiger partial charge in [0.1, 0.15) is 6.54 Å². The van der Waals surface area contributed by atoms with Crippen molar-refractivity contribution < 1.29 is 4.79 Å². The van der Waals surface area contributed by atoms with E-state index in [-0.39, 0.29) is 18.0 Å². The maximum atomic E-state index is 12.5. The molecule has 1 aromatic heterocycles. The van der Waals surface area contributed by atoms with Crippen LogP contribution in [0.2, 0.25) is 5.02 Å². The summed E-state index contributed by atoms with van der Waals surface area (Å²) in [5, 5.41) is 0.720. The van der Waals surface area contributed by atoms with Gasteiger partial charge >= 0.3 is 0 Å². The minimum Gasteiger partial charge on any atom is -0.367 e. The minimum atomic E-state index is -0.175. The molecule has 0 atom stereocenters. The van der Waals surface area contributed by atoms with Crippen LogP contribution in [0.3, 0.4) is 0 Å². The third kappa shape index (κ3) is 4.25. The van der Waals surface area contributed by atoms with Gasteiger partial charge in [0.2, 0.25) is 5.91 Å². The van der Waals surface area contributed by atoms with E-state index in [1.807, 2.05) is 31.2 Å². The molecule has 0 N–H and O–H groups in total. The lowest BCUT2D eigenvalue weighted by atomic mass is 10.2. The molecule has 1 saturated heterocycles. The summed E-state index contributed by atoms with van der Waals surface area (Å²) in [6, 6.07) is 9.24. The average Bonchev–Trinajstić information content (AvgIpc) is 2.65. The van der Waals surface area contributed by atoms with Crippen LogP contribution in [0.25, 0.3) is 0 Å². The van der Waals surface area contributed by atoms with Crippen molar-refractivity contribution in [3.05, 3.63) is 57.7 Å². The van der Waals surface area contributed by atoms with Crippen LogP contribution >= 0.6 is 11.6 Å². The zero-order valence-corrected chi connectivity index (χ0v) is 15.7. The fraction of sp³-hybridized carbons (Fsp3) is 0.421. The standard InChI is InChI=1S/C19H23ClN4O2/c1-2-5-15-12-18(25)24(14-21-15)13-19(26)23-10-8-22(9-11-23)17-7-4-3-6-16(17)20/h3-4,6-7,12,14H,2,5,8-11,13H2,1H3. The number of carbonyl (C=O) groups is 1. The van der Waals surface area contributed by atoms with Crippen LogP contribution < -0.4 is 10.5 Å². The molecule has 0 radical (unpaired) electrons. The molecule has 0 spiro atoms. The molecular formula is C19H23ClN4O2. The van der Waals surface area contributed by atoms with E-state index >= 15 is 0 Å². The van der Waals surface area contributed by atoms with Crippen LogP contribution in [0.15, 0.2) is 41.5 Å². The number of halogens is 1.